The van der Waals surface area contributed by atoms with Crippen LogP contribution in [0.15, 0.2) is 35.0 Å². The van der Waals surface area contributed by atoms with E-state index in [4.69, 9.17) is 4.74 Å². The Labute approximate surface area is 162 Å². The van der Waals surface area contributed by atoms with Crippen LogP contribution in [0.2, 0.25) is 0 Å². The molecule has 0 radical (unpaired) electrons. The molecule has 3 nitrogen and oxygen atoms in total. The van der Waals surface area contributed by atoms with Gasteiger partial charge in [0, 0.05) is 0 Å². The number of rotatable bonds is 4. The van der Waals surface area contributed by atoms with Crippen LogP contribution in [0.1, 0.15) is 42.4 Å². The summed E-state index contributed by atoms with van der Waals surface area (Å²) in [5.41, 5.74) is -1.68. The molecule has 3 saturated carbocycles. The first kappa shape index (κ1) is 17.0. The molecule has 0 amide bonds. The number of carbonyl (C=O) groups is 1. The van der Waals surface area contributed by atoms with Crippen molar-refractivity contribution in [2.24, 2.45) is 29.6 Å². The normalized spacial score (nSPS) is 35.6. The number of carbonyl (C=O) groups excluding carboxylic acids is 1. The van der Waals surface area contributed by atoms with Crippen molar-refractivity contribution in [3.05, 3.63) is 44.8 Å². The average molecular weight is 389 g/mol. The number of thiophene rings is 2. The van der Waals surface area contributed by atoms with E-state index in [9.17, 15) is 9.90 Å². The molecule has 2 aromatic rings. The molecule has 0 aliphatic heterocycles. The van der Waals surface area contributed by atoms with Crippen LogP contribution in [0.5, 0.6) is 0 Å². The molecule has 6 atom stereocenters. The molecule has 2 heterocycles. The second-order valence-electron chi connectivity index (χ2n) is 8.29. The van der Waals surface area contributed by atoms with Crippen LogP contribution in [0.3, 0.4) is 0 Å². The molecule has 3 aliphatic carbocycles. The molecule has 5 heteroatoms. The lowest BCUT2D eigenvalue weighted by Crippen LogP contribution is -2.59. The summed E-state index contributed by atoms with van der Waals surface area (Å²) in [6, 6.07) is 7.36. The Balaban J connectivity index is 1.37. The fraction of sp³-hybridized carbons (Fsp3) is 0.571. The first-order chi connectivity index (χ1) is 12.6. The first-order valence-electron chi connectivity index (χ1n) is 9.60. The van der Waals surface area contributed by atoms with Gasteiger partial charge in [0.05, 0.1) is 9.75 Å². The lowest BCUT2D eigenvalue weighted by atomic mass is 9.41. The predicted octanol–water partition coefficient (Wildman–Crippen LogP) is 4.66. The Morgan fingerprint density at radius 3 is 2.27 bits per heavy atom. The third-order valence-electron chi connectivity index (χ3n) is 7.07. The Morgan fingerprint density at radius 1 is 1.08 bits per heavy atom. The van der Waals surface area contributed by atoms with Gasteiger partial charge in [0.1, 0.15) is 6.10 Å². The number of hydrogen-bond acceptors (Lipinski definition) is 5. The van der Waals surface area contributed by atoms with Gasteiger partial charge in [-0.1, -0.05) is 19.1 Å². The van der Waals surface area contributed by atoms with Crippen molar-refractivity contribution in [2.45, 2.75) is 44.3 Å². The van der Waals surface area contributed by atoms with E-state index in [0.29, 0.717) is 15.7 Å². The first-order valence-corrected chi connectivity index (χ1v) is 11.4. The minimum atomic E-state index is -1.68. The van der Waals surface area contributed by atoms with Crippen LogP contribution < -0.4 is 0 Å². The highest BCUT2D eigenvalue weighted by Gasteiger charge is 2.59. The van der Waals surface area contributed by atoms with Gasteiger partial charge in [-0.15, -0.1) is 22.7 Å². The van der Waals surface area contributed by atoms with Crippen LogP contribution in [-0.4, -0.2) is 17.2 Å². The molecule has 0 saturated heterocycles. The van der Waals surface area contributed by atoms with Crippen molar-refractivity contribution >= 4 is 28.6 Å². The Kier molecular flexibility index (Phi) is 4.03. The molecular weight excluding hydrogens is 364 g/mol. The SMILES string of the molecule is CC1CC(OC(=O)C(O)(c2cccs2)c2cccs2)CC2C1[C@@H]1CC[C@H]21. The minimum Gasteiger partial charge on any atom is -0.460 e. The van der Waals surface area contributed by atoms with E-state index in [0.717, 1.165) is 36.5 Å². The van der Waals surface area contributed by atoms with Crippen LogP contribution >= 0.6 is 22.7 Å². The second-order valence-corrected chi connectivity index (χ2v) is 10.2. The zero-order valence-corrected chi connectivity index (χ0v) is 16.5. The van der Waals surface area contributed by atoms with Crippen molar-refractivity contribution in [2.75, 3.05) is 0 Å². The molecule has 2 aromatic heterocycles. The fourth-order valence-corrected chi connectivity index (χ4v) is 7.50. The second kappa shape index (κ2) is 6.18. The van der Waals surface area contributed by atoms with Gasteiger partial charge in [-0.3, -0.25) is 0 Å². The van der Waals surface area contributed by atoms with Crippen molar-refractivity contribution in [1.82, 2.24) is 0 Å². The van der Waals surface area contributed by atoms with E-state index < -0.39 is 11.6 Å². The Hall–Kier alpha value is -1.17. The fourth-order valence-electron chi connectivity index (χ4n) is 5.79. The average Bonchev–Trinajstić information content (AvgIpc) is 3.29. The van der Waals surface area contributed by atoms with E-state index in [1.54, 1.807) is 0 Å². The van der Waals surface area contributed by atoms with Crippen molar-refractivity contribution in [1.29, 1.82) is 0 Å². The standard InChI is InChI=1S/C21H24O3S2/c1-12-10-13(11-16-14-6-7-15(14)19(12)16)24-20(22)21(23,17-4-2-8-25-17)18-5-3-9-26-18/h2-5,8-9,12-16,19,23H,6-7,10-11H2,1H3/t12?,13?,14-,15+,16?,19?/m0/s1. The minimum absolute atomic E-state index is 0.0632. The molecule has 0 bridgehead atoms. The number of fused-ring (bicyclic) bond motifs is 4. The number of aliphatic hydroxyl groups is 1. The summed E-state index contributed by atoms with van der Waals surface area (Å²) in [4.78, 5) is 14.4. The molecule has 3 fully saturated rings. The van der Waals surface area contributed by atoms with Crippen molar-refractivity contribution < 1.29 is 14.6 Å². The highest BCUT2D eigenvalue weighted by Crippen LogP contribution is 2.64. The summed E-state index contributed by atoms with van der Waals surface area (Å²) in [5.74, 6) is 3.49. The van der Waals surface area contributed by atoms with Gasteiger partial charge in [-0.05, 0) is 78.2 Å². The summed E-state index contributed by atoms with van der Waals surface area (Å²) in [6.07, 6.45) is 4.60. The van der Waals surface area contributed by atoms with Crippen LogP contribution in [-0.2, 0) is 15.1 Å². The maximum atomic E-state index is 13.1. The zero-order chi connectivity index (χ0) is 17.9. The van der Waals surface area contributed by atoms with Gasteiger partial charge < -0.3 is 9.84 Å². The molecule has 26 heavy (non-hydrogen) atoms. The topological polar surface area (TPSA) is 46.5 Å². The zero-order valence-electron chi connectivity index (χ0n) is 14.8. The summed E-state index contributed by atoms with van der Waals surface area (Å²) < 4.78 is 5.96. The molecule has 4 unspecified atom stereocenters. The van der Waals surface area contributed by atoms with Gasteiger partial charge >= 0.3 is 5.97 Å². The monoisotopic (exact) mass is 388 g/mol. The predicted molar refractivity (Wildman–Crippen MR) is 103 cm³/mol. The molecule has 0 aromatic carbocycles. The molecule has 3 aliphatic rings. The largest absolute Gasteiger partial charge is 0.460 e. The van der Waals surface area contributed by atoms with E-state index in [1.807, 2.05) is 35.0 Å². The van der Waals surface area contributed by atoms with E-state index >= 15 is 0 Å². The lowest BCUT2D eigenvalue weighted by molar-refractivity contribution is -0.194. The molecule has 138 valence electrons. The summed E-state index contributed by atoms with van der Waals surface area (Å²) in [5, 5.41) is 15.2. The number of esters is 1. The Bertz CT molecular complexity index is 748. The van der Waals surface area contributed by atoms with Crippen LogP contribution in [0.4, 0.5) is 0 Å². The quantitative estimate of drug-likeness (QED) is 0.775. The highest BCUT2D eigenvalue weighted by molar-refractivity contribution is 7.12. The van der Waals surface area contributed by atoms with Gasteiger partial charge in [0.2, 0.25) is 5.60 Å². The molecular formula is C21H24O3S2. The summed E-state index contributed by atoms with van der Waals surface area (Å²) >= 11 is 2.79. The Morgan fingerprint density at radius 2 is 1.73 bits per heavy atom. The molecule has 5 rings (SSSR count). The van der Waals surface area contributed by atoms with Gasteiger partial charge in [-0.2, -0.15) is 0 Å². The maximum Gasteiger partial charge on any atom is 0.349 e. The van der Waals surface area contributed by atoms with Gasteiger partial charge in [0.15, 0.2) is 0 Å². The molecule has 1 N–H and O–H groups in total. The molecule has 0 spiro atoms. The van der Waals surface area contributed by atoms with E-state index in [-0.39, 0.29) is 6.10 Å². The smallest absolute Gasteiger partial charge is 0.349 e. The number of hydrogen-bond donors (Lipinski definition) is 1. The van der Waals surface area contributed by atoms with E-state index in [2.05, 4.69) is 6.92 Å². The third-order valence-corrected chi connectivity index (χ3v) is 9.03. The summed E-state index contributed by atoms with van der Waals surface area (Å²) in [6.45, 7) is 2.32. The summed E-state index contributed by atoms with van der Waals surface area (Å²) in [7, 11) is 0. The third kappa shape index (κ3) is 2.36. The lowest BCUT2D eigenvalue weighted by Gasteiger charge is -2.64. The van der Waals surface area contributed by atoms with Crippen LogP contribution in [0, 0.1) is 29.6 Å². The van der Waals surface area contributed by atoms with Crippen molar-refractivity contribution in [3.8, 4) is 0 Å². The van der Waals surface area contributed by atoms with Crippen LogP contribution in [0.25, 0.3) is 0 Å². The van der Waals surface area contributed by atoms with Gasteiger partial charge in [0.25, 0.3) is 0 Å². The van der Waals surface area contributed by atoms with Gasteiger partial charge in [-0.25, -0.2) is 4.79 Å². The van der Waals surface area contributed by atoms with E-state index in [1.165, 1.54) is 35.5 Å². The number of ether oxygens (including phenoxy) is 1. The van der Waals surface area contributed by atoms with Crippen molar-refractivity contribution in [3.63, 3.8) is 0 Å². The highest BCUT2D eigenvalue weighted by atomic mass is 32.1. The maximum absolute atomic E-state index is 13.1.